The second-order valence-corrected chi connectivity index (χ2v) is 6.18. The summed E-state index contributed by atoms with van der Waals surface area (Å²) in [5.41, 5.74) is 6.68. The molecule has 3 aromatic carbocycles. The minimum Gasteiger partial charge on any atom is -0.484 e. The molecule has 8 heteroatoms. The maximum atomic E-state index is 12.1. The van der Waals surface area contributed by atoms with Gasteiger partial charge in [-0.1, -0.05) is 18.2 Å². The number of carbonyl (C=O) groups is 2. The first-order chi connectivity index (χ1) is 13.9. The number of nitrogens with one attached hydrogen (secondary N) is 2. The predicted molar refractivity (Wildman–Crippen MR) is 109 cm³/mol. The normalized spacial score (nSPS) is 10.3. The Kier molecular flexibility index (Phi) is 5.94. The summed E-state index contributed by atoms with van der Waals surface area (Å²) >= 11 is 0. The zero-order valence-electron chi connectivity index (χ0n) is 15.3. The highest BCUT2D eigenvalue weighted by molar-refractivity contribution is 5.99. The van der Waals surface area contributed by atoms with Crippen molar-refractivity contribution in [2.45, 2.75) is 0 Å². The standard InChI is InChI=1S/C21H19N3O5/c22-21(23)15-2-1-14-10-18(6-3-13(14)9-15)28-11-19(25)24-16-4-7-17(8-5-16)29-12-20(26)27/h1-10H,11-12H2,(H3,22,23)(H,24,25)(H,26,27). The van der Waals surface area contributed by atoms with E-state index in [1.54, 1.807) is 42.5 Å². The number of rotatable bonds is 8. The van der Waals surface area contributed by atoms with Crippen LogP contribution in [0.25, 0.3) is 10.8 Å². The van der Waals surface area contributed by atoms with Crippen LogP contribution in [0.3, 0.4) is 0 Å². The number of benzene rings is 3. The first-order valence-corrected chi connectivity index (χ1v) is 8.66. The van der Waals surface area contributed by atoms with Crippen LogP contribution in [-0.4, -0.2) is 36.0 Å². The Morgan fingerprint density at radius 3 is 2.21 bits per heavy atom. The van der Waals surface area contributed by atoms with E-state index in [0.29, 0.717) is 22.7 Å². The lowest BCUT2D eigenvalue weighted by Gasteiger charge is -2.09. The molecule has 148 valence electrons. The smallest absolute Gasteiger partial charge is 0.341 e. The molecule has 29 heavy (non-hydrogen) atoms. The molecule has 0 atom stereocenters. The summed E-state index contributed by atoms with van der Waals surface area (Å²) in [7, 11) is 0. The van der Waals surface area contributed by atoms with Gasteiger partial charge in [0, 0.05) is 11.3 Å². The molecule has 0 aromatic heterocycles. The van der Waals surface area contributed by atoms with E-state index in [2.05, 4.69) is 5.32 Å². The van der Waals surface area contributed by atoms with Gasteiger partial charge in [-0.2, -0.15) is 0 Å². The summed E-state index contributed by atoms with van der Waals surface area (Å²) in [6.45, 7) is -0.602. The SMILES string of the molecule is N=C(N)c1ccc2cc(OCC(=O)Nc3ccc(OCC(=O)O)cc3)ccc2c1. The summed E-state index contributed by atoms with van der Waals surface area (Å²) < 4.78 is 10.6. The van der Waals surface area contributed by atoms with Gasteiger partial charge in [0.25, 0.3) is 5.91 Å². The third-order valence-corrected chi connectivity index (χ3v) is 3.99. The summed E-state index contributed by atoms with van der Waals surface area (Å²) in [6, 6.07) is 17.2. The number of hydrogen-bond acceptors (Lipinski definition) is 5. The van der Waals surface area contributed by atoms with E-state index in [0.717, 1.165) is 10.8 Å². The number of hydrogen-bond donors (Lipinski definition) is 4. The van der Waals surface area contributed by atoms with E-state index in [-0.39, 0.29) is 18.3 Å². The van der Waals surface area contributed by atoms with Crippen LogP contribution in [0.1, 0.15) is 5.56 Å². The van der Waals surface area contributed by atoms with Crippen molar-refractivity contribution in [1.29, 1.82) is 5.41 Å². The van der Waals surface area contributed by atoms with Gasteiger partial charge >= 0.3 is 5.97 Å². The average Bonchev–Trinajstić information content (AvgIpc) is 2.71. The monoisotopic (exact) mass is 393 g/mol. The lowest BCUT2D eigenvalue weighted by Crippen LogP contribution is -2.20. The van der Waals surface area contributed by atoms with Crippen LogP contribution in [0.15, 0.2) is 60.7 Å². The van der Waals surface area contributed by atoms with Crippen LogP contribution in [-0.2, 0) is 9.59 Å². The molecule has 0 aliphatic carbocycles. The molecular formula is C21H19N3O5. The van der Waals surface area contributed by atoms with Crippen LogP contribution in [0.5, 0.6) is 11.5 Å². The van der Waals surface area contributed by atoms with Crippen LogP contribution in [0.2, 0.25) is 0 Å². The summed E-state index contributed by atoms with van der Waals surface area (Å²) in [6.07, 6.45) is 0. The quantitative estimate of drug-likeness (QED) is 0.343. The van der Waals surface area contributed by atoms with E-state index in [4.69, 9.17) is 25.7 Å². The second kappa shape index (κ2) is 8.75. The number of carboxylic acid groups (broad SMARTS) is 1. The highest BCUT2D eigenvalue weighted by Crippen LogP contribution is 2.22. The predicted octanol–water partition coefficient (Wildman–Crippen LogP) is 2.60. The van der Waals surface area contributed by atoms with Gasteiger partial charge in [0.1, 0.15) is 17.3 Å². The number of nitrogens with two attached hydrogens (primary N) is 1. The fourth-order valence-electron chi connectivity index (χ4n) is 2.61. The van der Waals surface area contributed by atoms with E-state index in [9.17, 15) is 9.59 Å². The van der Waals surface area contributed by atoms with E-state index >= 15 is 0 Å². The van der Waals surface area contributed by atoms with Crippen molar-refractivity contribution >= 4 is 34.2 Å². The second-order valence-electron chi connectivity index (χ2n) is 6.18. The number of carbonyl (C=O) groups excluding carboxylic acids is 1. The molecule has 8 nitrogen and oxygen atoms in total. The molecule has 0 aliphatic rings. The molecule has 0 saturated heterocycles. The van der Waals surface area contributed by atoms with Gasteiger partial charge in [-0.15, -0.1) is 0 Å². The highest BCUT2D eigenvalue weighted by atomic mass is 16.5. The summed E-state index contributed by atoms with van der Waals surface area (Å²) in [4.78, 5) is 22.6. The molecule has 1 amide bonds. The molecule has 0 radical (unpaired) electrons. The molecule has 0 unspecified atom stereocenters. The molecule has 5 N–H and O–H groups in total. The third kappa shape index (κ3) is 5.46. The van der Waals surface area contributed by atoms with Crippen molar-refractivity contribution < 1.29 is 24.2 Å². The molecule has 0 fully saturated rings. The molecular weight excluding hydrogens is 374 g/mol. The van der Waals surface area contributed by atoms with E-state index in [1.165, 1.54) is 0 Å². The van der Waals surface area contributed by atoms with Gasteiger partial charge in [0.15, 0.2) is 13.2 Å². The first-order valence-electron chi connectivity index (χ1n) is 8.66. The Labute approximate surface area is 166 Å². The highest BCUT2D eigenvalue weighted by Gasteiger charge is 2.06. The number of ether oxygens (including phenoxy) is 2. The molecule has 0 spiro atoms. The number of aliphatic carboxylic acids is 1. The molecule has 0 bridgehead atoms. The number of amides is 1. The molecule has 0 heterocycles. The number of amidine groups is 1. The van der Waals surface area contributed by atoms with Crippen molar-refractivity contribution in [2.75, 3.05) is 18.5 Å². The van der Waals surface area contributed by atoms with Gasteiger partial charge in [-0.25, -0.2) is 4.79 Å². The molecule has 3 rings (SSSR count). The molecule has 3 aromatic rings. The number of nitrogen functional groups attached to an aromatic ring is 1. The van der Waals surface area contributed by atoms with Crippen LogP contribution in [0, 0.1) is 5.41 Å². The fraction of sp³-hybridized carbons (Fsp3) is 0.0952. The van der Waals surface area contributed by atoms with Crippen molar-refractivity contribution in [3.8, 4) is 11.5 Å². The molecule has 0 aliphatic heterocycles. The Hall–Kier alpha value is -4.07. The number of fused-ring (bicyclic) bond motifs is 1. The maximum absolute atomic E-state index is 12.1. The minimum absolute atomic E-state index is 0.00498. The van der Waals surface area contributed by atoms with E-state index in [1.807, 2.05) is 18.2 Å². The van der Waals surface area contributed by atoms with Gasteiger partial charge < -0.3 is 25.6 Å². The van der Waals surface area contributed by atoms with Gasteiger partial charge in [0.2, 0.25) is 0 Å². The van der Waals surface area contributed by atoms with Gasteiger partial charge in [0.05, 0.1) is 0 Å². The van der Waals surface area contributed by atoms with Gasteiger partial charge in [-0.3, -0.25) is 10.2 Å². The average molecular weight is 393 g/mol. The largest absolute Gasteiger partial charge is 0.484 e. The zero-order valence-corrected chi connectivity index (χ0v) is 15.3. The Bertz CT molecular complexity index is 1060. The Morgan fingerprint density at radius 2 is 1.52 bits per heavy atom. The maximum Gasteiger partial charge on any atom is 0.341 e. The summed E-state index contributed by atoms with van der Waals surface area (Å²) in [5.74, 6) is -0.458. The third-order valence-electron chi connectivity index (χ3n) is 3.99. The summed E-state index contributed by atoms with van der Waals surface area (Å²) in [5, 5.41) is 20.6. The van der Waals surface area contributed by atoms with Crippen molar-refractivity contribution in [2.24, 2.45) is 5.73 Å². The van der Waals surface area contributed by atoms with Crippen molar-refractivity contribution in [3.63, 3.8) is 0 Å². The van der Waals surface area contributed by atoms with Crippen molar-refractivity contribution in [3.05, 3.63) is 66.2 Å². The Balaban J connectivity index is 1.55. The molecule has 0 saturated carbocycles. The van der Waals surface area contributed by atoms with Gasteiger partial charge in [-0.05, 0) is 53.2 Å². The van der Waals surface area contributed by atoms with Crippen LogP contribution >= 0.6 is 0 Å². The van der Waals surface area contributed by atoms with Crippen LogP contribution < -0.4 is 20.5 Å². The topological polar surface area (TPSA) is 135 Å². The Morgan fingerprint density at radius 1 is 0.897 bits per heavy atom. The number of carboxylic acids is 1. The number of anilines is 1. The van der Waals surface area contributed by atoms with Crippen molar-refractivity contribution in [1.82, 2.24) is 0 Å². The lowest BCUT2D eigenvalue weighted by atomic mass is 10.1. The first kappa shape index (κ1) is 19.7. The fourth-order valence-corrected chi connectivity index (χ4v) is 2.61. The minimum atomic E-state index is -1.06. The lowest BCUT2D eigenvalue weighted by molar-refractivity contribution is -0.139. The van der Waals surface area contributed by atoms with Crippen LogP contribution in [0.4, 0.5) is 5.69 Å². The van der Waals surface area contributed by atoms with E-state index < -0.39 is 12.6 Å². The zero-order chi connectivity index (χ0) is 20.8.